The normalized spacial score (nSPS) is 12.5. The molecule has 2 rings (SSSR count). The van der Waals surface area contributed by atoms with Crippen molar-refractivity contribution in [2.75, 3.05) is 6.61 Å². The van der Waals surface area contributed by atoms with Gasteiger partial charge >= 0.3 is 5.97 Å². The van der Waals surface area contributed by atoms with E-state index in [9.17, 15) is 4.79 Å². The van der Waals surface area contributed by atoms with E-state index in [1.54, 1.807) is 0 Å². The third-order valence-electron chi connectivity index (χ3n) is 3.74. The number of para-hydroxylation sites is 2. The van der Waals surface area contributed by atoms with Gasteiger partial charge in [-0.25, -0.2) is 4.98 Å². The number of hydrogen-bond acceptors (Lipinski definition) is 3. The van der Waals surface area contributed by atoms with Gasteiger partial charge in [-0.1, -0.05) is 25.5 Å². The fraction of sp³-hybridized carbons (Fsp3) is 0.529. The van der Waals surface area contributed by atoms with Crippen LogP contribution in [0.3, 0.4) is 0 Å². The monoisotopic (exact) mass is 288 g/mol. The molecule has 0 aliphatic heterocycles. The lowest BCUT2D eigenvalue weighted by Crippen LogP contribution is -2.21. The van der Waals surface area contributed by atoms with Gasteiger partial charge in [0, 0.05) is 13.0 Å². The van der Waals surface area contributed by atoms with Gasteiger partial charge in [-0.2, -0.15) is 0 Å². The Labute approximate surface area is 126 Å². The summed E-state index contributed by atoms with van der Waals surface area (Å²) in [6.07, 6.45) is 2.46. The molecular weight excluding hydrogens is 264 g/mol. The number of nitrogens with zero attached hydrogens (tertiary/aromatic N) is 2. The number of aromatic nitrogens is 2. The van der Waals surface area contributed by atoms with Crippen LogP contribution in [0.5, 0.6) is 0 Å². The van der Waals surface area contributed by atoms with Crippen molar-refractivity contribution in [2.24, 2.45) is 5.92 Å². The molecule has 0 radical (unpaired) electrons. The third-order valence-corrected chi connectivity index (χ3v) is 3.74. The summed E-state index contributed by atoms with van der Waals surface area (Å²) >= 11 is 0. The van der Waals surface area contributed by atoms with E-state index in [1.165, 1.54) is 0 Å². The second-order valence-electron chi connectivity index (χ2n) is 5.20. The van der Waals surface area contributed by atoms with Gasteiger partial charge in [-0.05, 0) is 32.4 Å². The Kier molecular flexibility index (Phi) is 5.37. The van der Waals surface area contributed by atoms with E-state index in [0.717, 1.165) is 36.2 Å². The summed E-state index contributed by atoms with van der Waals surface area (Å²) in [7, 11) is 0. The zero-order valence-corrected chi connectivity index (χ0v) is 13.1. The van der Waals surface area contributed by atoms with Crippen LogP contribution in [0, 0.1) is 5.92 Å². The Balaban J connectivity index is 2.29. The first-order chi connectivity index (χ1) is 10.2. The van der Waals surface area contributed by atoms with Crippen molar-refractivity contribution in [3.05, 3.63) is 30.1 Å². The summed E-state index contributed by atoms with van der Waals surface area (Å²) in [5.74, 6) is 0.774. The average Bonchev–Trinajstić information content (AvgIpc) is 2.84. The molecule has 0 spiro atoms. The minimum Gasteiger partial charge on any atom is -0.466 e. The fourth-order valence-corrected chi connectivity index (χ4v) is 2.77. The Hall–Kier alpha value is -1.84. The number of imidazole rings is 1. The average molecular weight is 288 g/mol. The number of benzene rings is 1. The van der Waals surface area contributed by atoms with Crippen molar-refractivity contribution in [1.29, 1.82) is 0 Å². The molecule has 21 heavy (non-hydrogen) atoms. The number of esters is 1. The number of ether oxygens (including phenoxy) is 1. The smallest absolute Gasteiger partial charge is 0.309 e. The van der Waals surface area contributed by atoms with Gasteiger partial charge in [-0.3, -0.25) is 4.79 Å². The molecule has 0 fully saturated rings. The SMILES string of the molecule is CCCC(Cc1nc2ccccc2n1CC)C(=O)OCC. The highest BCUT2D eigenvalue weighted by atomic mass is 16.5. The second kappa shape index (κ2) is 7.25. The van der Waals surface area contributed by atoms with Crippen LogP contribution in [0.25, 0.3) is 11.0 Å². The first-order valence-electron chi connectivity index (χ1n) is 7.81. The Bertz CT molecular complexity index is 604. The fourth-order valence-electron chi connectivity index (χ4n) is 2.77. The maximum absolute atomic E-state index is 12.1. The van der Waals surface area contributed by atoms with E-state index < -0.39 is 0 Å². The molecule has 1 heterocycles. The maximum atomic E-state index is 12.1. The molecule has 114 valence electrons. The lowest BCUT2D eigenvalue weighted by Gasteiger charge is -2.15. The molecule has 0 N–H and O–H groups in total. The Morgan fingerprint density at radius 1 is 1.29 bits per heavy atom. The first kappa shape index (κ1) is 15.5. The van der Waals surface area contributed by atoms with E-state index in [0.29, 0.717) is 13.0 Å². The molecule has 1 unspecified atom stereocenters. The summed E-state index contributed by atoms with van der Waals surface area (Å²) in [4.78, 5) is 16.8. The molecule has 0 aliphatic rings. The van der Waals surface area contributed by atoms with Crippen LogP contribution in [0.15, 0.2) is 24.3 Å². The maximum Gasteiger partial charge on any atom is 0.309 e. The van der Waals surface area contributed by atoms with Gasteiger partial charge < -0.3 is 9.30 Å². The van der Waals surface area contributed by atoms with Crippen LogP contribution in [0.2, 0.25) is 0 Å². The summed E-state index contributed by atoms with van der Waals surface area (Å²) in [5, 5.41) is 0. The Morgan fingerprint density at radius 3 is 2.71 bits per heavy atom. The van der Waals surface area contributed by atoms with Crippen molar-refractivity contribution in [2.45, 2.75) is 46.6 Å². The minimum atomic E-state index is -0.103. The summed E-state index contributed by atoms with van der Waals surface area (Å²) in [6.45, 7) is 7.34. The summed E-state index contributed by atoms with van der Waals surface area (Å²) < 4.78 is 7.39. The van der Waals surface area contributed by atoms with Gasteiger partial charge in [0.05, 0.1) is 23.6 Å². The number of carbonyl (C=O) groups is 1. The molecule has 2 aromatic rings. The van der Waals surface area contributed by atoms with Crippen LogP contribution in [0.4, 0.5) is 0 Å². The number of rotatable bonds is 7. The van der Waals surface area contributed by atoms with E-state index in [1.807, 2.05) is 25.1 Å². The van der Waals surface area contributed by atoms with Gasteiger partial charge in [0.2, 0.25) is 0 Å². The van der Waals surface area contributed by atoms with Crippen molar-refractivity contribution in [3.8, 4) is 0 Å². The van der Waals surface area contributed by atoms with Crippen molar-refractivity contribution in [1.82, 2.24) is 9.55 Å². The van der Waals surface area contributed by atoms with Crippen LogP contribution >= 0.6 is 0 Å². The molecule has 0 amide bonds. The Morgan fingerprint density at radius 2 is 2.05 bits per heavy atom. The van der Waals surface area contributed by atoms with Crippen molar-refractivity contribution in [3.63, 3.8) is 0 Å². The largest absolute Gasteiger partial charge is 0.466 e. The minimum absolute atomic E-state index is 0.0999. The molecule has 4 heteroatoms. The molecule has 4 nitrogen and oxygen atoms in total. The number of hydrogen-bond donors (Lipinski definition) is 0. The highest BCUT2D eigenvalue weighted by molar-refractivity contribution is 5.76. The van der Waals surface area contributed by atoms with Crippen LogP contribution < -0.4 is 0 Å². The molecule has 1 atom stereocenters. The highest BCUT2D eigenvalue weighted by Crippen LogP contribution is 2.21. The van der Waals surface area contributed by atoms with Crippen molar-refractivity contribution < 1.29 is 9.53 Å². The van der Waals surface area contributed by atoms with Crippen molar-refractivity contribution >= 4 is 17.0 Å². The summed E-state index contributed by atoms with van der Waals surface area (Å²) in [6, 6.07) is 8.11. The van der Waals surface area contributed by atoms with E-state index in [-0.39, 0.29) is 11.9 Å². The molecule has 1 aromatic carbocycles. The lowest BCUT2D eigenvalue weighted by molar-refractivity contribution is -0.148. The zero-order valence-electron chi connectivity index (χ0n) is 13.1. The molecule has 0 aliphatic carbocycles. The van der Waals surface area contributed by atoms with Gasteiger partial charge in [0.15, 0.2) is 0 Å². The zero-order chi connectivity index (χ0) is 15.2. The third kappa shape index (κ3) is 3.43. The second-order valence-corrected chi connectivity index (χ2v) is 5.20. The summed E-state index contributed by atoms with van der Waals surface area (Å²) in [5.41, 5.74) is 2.13. The van der Waals surface area contributed by atoms with E-state index in [4.69, 9.17) is 9.72 Å². The van der Waals surface area contributed by atoms with E-state index in [2.05, 4.69) is 24.5 Å². The topological polar surface area (TPSA) is 44.1 Å². The molecule has 0 bridgehead atoms. The standard InChI is InChI=1S/C17H24N2O2/c1-4-9-13(17(20)21-6-3)12-16-18-14-10-7-8-11-15(14)19(16)5-2/h7-8,10-11,13H,4-6,9,12H2,1-3H3. The van der Waals surface area contributed by atoms with Gasteiger partial charge in [0.25, 0.3) is 0 Å². The van der Waals surface area contributed by atoms with Crippen LogP contribution in [-0.4, -0.2) is 22.1 Å². The quantitative estimate of drug-likeness (QED) is 0.731. The molecule has 0 saturated heterocycles. The number of fused-ring (bicyclic) bond motifs is 1. The predicted molar refractivity (Wildman–Crippen MR) is 84.1 cm³/mol. The number of carbonyl (C=O) groups excluding carboxylic acids is 1. The van der Waals surface area contributed by atoms with Gasteiger partial charge in [0.1, 0.15) is 5.82 Å². The first-order valence-corrected chi connectivity index (χ1v) is 7.81. The number of aryl methyl sites for hydroxylation is 1. The lowest BCUT2D eigenvalue weighted by atomic mass is 9.99. The highest BCUT2D eigenvalue weighted by Gasteiger charge is 2.22. The van der Waals surface area contributed by atoms with E-state index >= 15 is 0 Å². The molecule has 0 saturated carbocycles. The molecular formula is C17H24N2O2. The van der Waals surface area contributed by atoms with Gasteiger partial charge in [-0.15, -0.1) is 0 Å². The predicted octanol–water partition coefficient (Wildman–Crippen LogP) is 3.58. The van der Waals surface area contributed by atoms with Crippen LogP contribution in [-0.2, 0) is 22.5 Å². The molecule has 1 aromatic heterocycles. The van der Waals surface area contributed by atoms with Crippen LogP contribution in [0.1, 0.15) is 39.4 Å².